The lowest BCUT2D eigenvalue weighted by Gasteiger charge is -2.16. The van der Waals surface area contributed by atoms with Gasteiger partial charge < -0.3 is 9.68 Å². The van der Waals surface area contributed by atoms with Crippen LogP contribution in [0, 0.1) is 5.82 Å². The molecule has 0 fully saturated rings. The monoisotopic (exact) mass is 264 g/mol. The second-order valence-corrected chi connectivity index (χ2v) is 4.46. The molecule has 0 bridgehead atoms. The average Bonchev–Trinajstić information content (AvgIpc) is 2.73. The van der Waals surface area contributed by atoms with Crippen molar-refractivity contribution in [3.63, 3.8) is 0 Å². The Morgan fingerprint density at radius 3 is 2.95 bits per heavy atom. The fourth-order valence-corrected chi connectivity index (χ4v) is 1.65. The van der Waals surface area contributed by atoms with Gasteiger partial charge in [0.05, 0.1) is 11.9 Å². The maximum absolute atomic E-state index is 13.3. The van der Waals surface area contributed by atoms with Gasteiger partial charge in [0, 0.05) is 12.0 Å². The molecule has 2 rings (SSSR count). The topological polar surface area (TPSA) is 60.2 Å². The van der Waals surface area contributed by atoms with Crippen molar-refractivity contribution in [1.82, 2.24) is 0 Å². The van der Waals surface area contributed by atoms with E-state index < -0.39 is 17.4 Å². The van der Waals surface area contributed by atoms with Gasteiger partial charge in [-0.05, 0) is 19.9 Å². The maximum Gasteiger partial charge on any atom is 0.381 e. The molecule has 1 unspecified atom stereocenters. The molecule has 5 nitrogen and oxygen atoms in total. The van der Waals surface area contributed by atoms with Gasteiger partial charge in [0.15, 0.2) is 0 Å². The van der Waals surface area contributed by atoms with Crippen molar-refractivity contribution in [2.24, 2.45) is 10.3 Å². The molecule has 0 saturated heterocycles. The van der Waals surface area contributed by atoms with Crippen LogP contribution < -0.4 is 0 Å². The number of benzene rings is 1. The van der Waals surface area contributed by atoms with E-state index >= 15 is 0 Å². The van der Waals surface area contributed by atoms with Crippen molar-refractivity contribution in [2.75, 3.05) is 0 Å². The molecule has 0 spiro atoms. The molecule has 1 heterocycles. The Hall–Kier alpha value is -2.24. The molecular formula is C13H13FN2O3. The van der Waals surface area contributed by atoms with Crippen molar-refractivity contribution >= 4 is 17.9 Å². The van der Waals surface area contributed by atoms with Crippen LogP contribution in [0.5, 0.6) is 0 Å². The quantitative estimate of drug-likeness (QED) is 0.478. The number of rotatable bonds is 3. The number of oxime groups is 2. The number of carbonyl (C=O) groups is 1. The minimum Gasteiger partial charge on any atom is -0.377 e. The van der Waals surface area contributed by atoms with Crippen LogP contribution >= 0.6 is 0 Å². The van der Waals surface area contributed by atoms with E-state index in [0.717, 1.165) is 6.21 Å². The summed E-state index contributed by atoms with van der Waals surface area (Å²) in [5.74, 6) is -1.11. The Kier molecular flexibility index (Phi) is 3.59. The van der Waals surface area contributed by atoms with E-state index in [1.165, 1.54) is 12.1 Å². The van der Waals surface area contributed by atoms with Crippen LogP contribution in [-0.2, 0) is 14.5 Å². The van der Waals surface area contributed by atoms with Crippen molar-refractivity contribution in [1.29, 1.82) is 0 Å². The maximum atomic E-state index is 13.3. The predicted octanol–water partition coefficient (Wildman–Crippen LogP) is 2.26. The van der Waals surface area contributed by atoms with Crippen LogP contribution in [0.2, 0.25) is 0 Å². The molecule has 0 amide bonds. The largest absolute Gasteiger partial charge is 0.381 e. The van der Waals surface area contributed by atoms with E-state index in [1.54, 1.807) is 26.0 Å². The fraction of sp³-hybridized carbons (Fsp3) is 0.308. The van der Waals surface area contributed by atoms with Gasteiger partial charge in [0.25, 0.3) is 0 Å². The first-order valence-electron chi connectivity index (χ1n) is 5.72. The van der Waals surface area contributed by atoms with E-state index in [9.17, 15) is 9.18 Å². The molecule has 100 valence electrons. The number of nitrogens with zero attached hydrogens (tertiary/aromatic N) is 2. The first-order valence-corrected chi connectivity index (χ1v) is 5.72. The zero-order valence-electron chi connectivity index (χ0n) is 10.6. The van der Waals surface area contributed by atoms with Gasteiger partial charge in [0.2, 0.25) is 5.60 Å². The van der Waals surface area contributed by atoms with E-state index in [-0.39, 0.29) is 5.56 Å². The molecule has 0 N–H and O–H groups in total. The van der Waals surface area contributed by atoms with Crippen molar-refractivity contribution in [3.05, 3.63) is 35.6 Å². The zero-order chi connectivity index (χ0) is 13.9. The highest BCUT2D eigenvalue weighted by Gasteiger charge is 2.42. The number of carbonyl (C=O) groups excluding carboxylic acids is 1. The molecule has 6 heteroatoms. The molecule has 0 aromatic heterocycles. The highest BCUT2D eigenvalue weighted by atomic mass is 19.1. The number of hydrogen-bond acceptors (Lipinski definition) is 5. The third-order valence-electron chi connectivity index (χ3n) is 2.66. The Balaban J connectivity index is 1.96. The van der Waals surface area contributed by atoms with Gasteiger partial charge in [0.1, 0.15) is 5.82 Å². The molecule has 1 atom stereocenters. The smallest absolute Gasteiger partial charge is 0.377 e. The summed E-state index contributed by atoms with van der Waals surface area (Å²) in [5, 5.41) is 7.17. The third kappa shape index (κ3) is 2.96. The summed E-state index contributed by atoms with van der Waals surface area (Å²) >= 11 is 0. The van der Waals surface area contributed by atoms with Crippen molar-refractivity contribution < 1.29 is 18.9 Å². The van der Waals surface area contributed by atoms with Gasteiger partial charge in [-0.25, -0.2) is 9.18 Å². The van der Waals surface area contributed by atoms with Crippen LogP contribution in [0.15, 0.2) is 34.6 Å². The molecule has 0 aliphatic carbocycles. The number of halogens is 1. The second-order valence-electron chi connectivity index (χ2n) is 4.46. The standard InChI is InChI=1S/C13H13FN2O3/c1-9-7-13(2,19-16-9)12(17)18-15-8-10-5-3-4-6-11(10)14/h3-6,8H,7H2,1-2H3/b15-8+. The highest BCUT2D eigenvalue weighted by Crippen LogP contribution is 2.24. The predicted molar refractivity (Wildman–Crippen MR) is 67.3 cm³/mol. The molecule has 0 radical (unpaired) electrons. The van der Waals surface area contributed by atoms with Gasteiger partial charge in [-0.2, -0.15) is 0 Å². The SMILES string of the molecule is CC1=NOC(C)(C(=O)O/N=C/c2ccccc2F)C1. The second kappa shape index (κ2) is 5.17. The van der Waals surface area contributed by atoms with Crippen LogP contribution in [0.1, 0.15) is 25.8 Å². The van der Waals surface area contributed by atoms with E-state index in [2.05, 4.69) is 10.3 Å². The van der Waals surface area contributed by atoms with E-state index in [0.29, 0.717) is 12.1 Å². The summed E-state index contributed by atoms with van der Waals surface area (Å²) in [5.41, 5.74) is -0.214. The number of hydrogen-bond donors (Lipinski definition) is 0. The molecule has 1 aromatic rings. The molecule has 1 aromatic carbocycles. The summed E-state index contributed by atoms with van der Waals surface area (Å²) in [7, 11) is 0. The van der Waals surface area contributed by atoms with Gasteiger partial charge in [-0.3, -0.25) is 0 Å². The Bertz CT molecular complexity index is 557. The first-order chi connectivity index (χ1) is 9.01. The van der Waals surface area contributed by atoms with Gasteiger partial charge in [-0.1, -0.05) is 28.5 Å². The van der Waals surface area contributed by atoms with Gasteiger partial charge in [-0.15, -0.1) is 0 Å². The van der Waals surface area contributed by atoms with Crippen molar-refractivity contribution in [2.45, 2.75) is 25.9 Å². The molecule has 1 aliphatic rings. The van der Waals surface area contributed by atoms with Crippen LogP contribution in [0.25, 0.3) is 0 Å². The third-order valence-corrected chi connectivity index (χ3v) is 2.66. The fourth-order valence-electron chi connectivity index (χ4n) is 1.65. The van der Waals surface area contributed by atoms with Crippen LogP contribution in [0.4, 0.5) is 4.39 Å². The van der Waals surface area contributed by atoms with Crippen LogP contribution in [0.3, 0.4) is 0 Å². The normalized spacial score (nSPS) is 22.2. The lowest BCUT2D eigenvalue weighted by molar-refractivity contribution is -0.167. The zero-order valence-corrected chi connectivity index (χ0v) is 10.6. The molecule has 19 heavy (non-hydrogen) atoms. The average molecular weight is 264 g/mol. The van der Waals surface area contributed by atoms with E-state index in [4.69, 9.17) is 9.68 Å². The Morgan fingerprint density at radius 2 is 2.32 bits per heavy atom. The van der Waals surface area contributed by atoms with Gasteiger partial charge >= 0.3 is 5.97 Å². The molecule has 0 saturated carbocycles. The van der Waals surface area contributed by atoms with Crippen molar-refractivity contribution in [3.8, 4) is 0 Å². The minimum atomic E-state index is -1.16. The van der Waals surface area contributed by atoms with E-state index in [1.807, 2.05) is 0 Å². The summed E-state index contributed by atoms with van der Waals surface area (Å²) < 4.78 is 13.3. The summed E-state index contributed by atoms with van der Waals surface area (Å²) in [6, 6.07) is 6.03. The Morgan fingerprint density at radius 1 is 1.58 bits per heavy atom. The lowest BCUT2D eigenvalue weighted by Crippen LogP contribution is -2.36. The van der Waals surface area contributed by atoms with Crippen LogP contribution in [-0.4, -0.2) is 23.5 Å². The highest BCUT2D eigenvalue weighted by molar-refractivity contribution is 5.92. The Labute approximate surface area is 109 Å². The lowest BCUT2D eigenvalue weighted by atomic mass is 10.0. The summed E-state index contributed by atoms with van der Waals surface area (Å²) in [4.78, 5) is 21.5. The summed E-state index contributed by atoms with van der Waals surface area (Å²) in [6.07, 6.45) is 1.49. The summed E-state index contributed by atoms with van der Waals surface area (Å²) in [6.45, 7) is 3.31. The molecule has 1 aliphatic heterocycles. The molecular weight excluding hydrogens is 251 g/mol. The first kappa shape index (κ1) is 13.2. The minimum absolute atomic E-state index is 0.236.